The number of anilines is 1. The van der Waals surface area contributed by atoms with E-state index in [2.05, 4.69) is 5.32 Å². The first-order chi connectivity index (χ1) is 7.70. The van der Waals surface area contributed by atoms with Gasteiger partial charge >= 0.3 is 0 Å². The van der Waals surface area contributed by atoms with Gasteiger partial charge in [-0.1, -0.05) is 6.08 Å². The summed E-state index contributed by atoms with van der Waals surface area (Å²) in [6.07, 6.45) is 3.58. The van der Waals surface area contributed by atoms with E-state index in [-0.39, 0.29) is 5.91 Å². The number of methoxy groups -OCH3 is 1. The maximum Gasteiger partial charge on any atom is 0.251 e. The van der Waals surface area contributed by atoms with Gasteiger partial charge in [0, 0.05) is 11.6 Å². The quantitative estimate of drug-likeness (QED) is 0.851. The topological polar surface area (TPSA) is 38.3 Å². The summed E-state index contributed by atoms with van der Waals surface area (Å²) in [6, 6.07) is 4.02. The molecule has 3 nitrogen and oxygen atoms in total. The Bertz CT molecular complexity index is 454. The van der Waals surface area contributed by atoms with E-state index in [1.807, 2.05) is 6.08 Å². The number of halogens is 1. The number of nitrogens with one attached hydrogen (secondary N) is 1. The lowest BCUT2D eigenvalue weighted by atomic mass is 9.98. The fourth-order valence-electron chi connectivity index (χ4n) is 1.48. The van der Waals surface area contributed by atoms with Crippen LogP contribution < -0.4 is 10.1 Å². The van der Waals surface area contributed by atoms with Gasteiger partial charge in [-0.3, -0.25) is 4.79 Å². The maximum absolute atomic E-state index is 13.0. The van der Waals surface area contributed by atoms with Crippen molar-refractivity contribution in [2.24, 2.45) is 0 Å². The van der Waals surface area contributed by atoms with Crippen LogP contribution in [0.3, 0.4) is 0 Å². The molecule has 2 rings (SSSR count). The maximum atomic E-state index is 13.0. The molecule has 0 fully saturated rings. The largest absolute Gasteiger partial charge is 0.495 e. The Morgan fingerprint density at radius 2 is 2.25 bits per heavy atom. The van der Waals surface area contributed by atoms with Crippen molar-refractivity contribution in [3.8, 4) is 5.75 Å². The minimum Gasteiger partial charge on any atom is -0.495 e. The number of rotatable bonds is 3. The van der Waals surface area contributed by atoms with Crippen LogP contribution in [0.25, 0.3) is 0 Å². The lowest BCUT2D eigenvalue weighted by Crippen LogP contribution is -2.18. The Kier molecular flexibility index (Phi) is 2.90. The number of carbonyl (C=O) groups excluding carboxylic acids is 1. The zero-order chi connectivity index (χ0) is 11.5. The molecule has 1 aliphatic carbocycles. The van der Waals surface area contributed by atoms with Gasteiger partial charge in [-0.25, -0.2) is 4.39 Å². The summed E-state index contributed by atoms with van der Waals surface area (Å²) >= 11 is 0. The van der Waals surface area contributed by atoms with Crippen LogP contribution in [0.5, 0.6) is 5.75 Å². The lowest BCUT2D eigenvalue weighted by molar-refractivity contribution is -0.113. The smallest absolute Gasteiger partial charge is 0.251 e. The average molecular weight is 221 g/mol. The van der Waals surface area contributed by atoms with Gasteiger partial charge in [-0.2, -0.15) is 0 Å². The van der Waals surface area contributed by atoms with E-state index in [9.17, 15) is 9.18 Å². The summed E-state index contributed by atoms with van der Waals surface area (Å²) in [6.45, 7) is 0. The number of ether oxygens (including phenoxy) is 1. The number of hydrogen-bond donors (Lipinski definition) is 1. The van der Waals surface area contributed by atoms with E-state index >= 15 is 0 Å². The fraction of sp³-hybridized carbons (Fsp3) is 0.250. The average Bonchev–Trinajstić information content (AvgIpc) is 2.15. The molecule has 16 heavy (non-hydrogen) atoms. The van der Waals surface area contributed by atoms with Gasteiger partial charge < -0.3 is 10.1 Å². The van der Waals surface area contributed by atoms with Crippen LogP contribution in [0.1, 0.15) is 12.8 Å². The van der Waals surface area contributed by atoms with Crippen molar-refractivity contribution < 1.29 is 13.9 Å². The zero-order valence-corrected chi connectivity index (χ0v) is 8.92. The van der Waals surface area contributed by atoms with E-state index in [1.54, 1.807) is 0 Å². The highest BCUT2D eigenvalue weighted by Gasteiger charge is 2.16. The summed E-state index contributed by atoms with van der Waals surface area (Å²) in [4.78, 5) is 11.6. The van der Waals surface area contributed by atoms with Crippen molar-refractivity contribution >= 4 is 11.6 Å². The first-order valence-electron chi connectivity index (χ1n) is 5.04. The molecule has 0 heterocycles. The van der Waals surface area contributed by atoms with Crippen molar-refractivity contribution in [2.75, 3.05) is 12.4 Å². The second kappa shape index (κ2) is 4.35. The van der Waals surface area contributed by atoms with Crippen LogP contribution in [-0.4, -0.2) is 13.0 Å². The van der Waals surface area contributed by atoms with Crippen LogP contribution in [0.2, 0.25) is 0 Å². The summed E-state index contributed by atoms with van der Waals surface area (Å²) in [5, 5.41) is 2.63. The van der Waals surface area contributed by atoms with E-state index in [1.165, 1.54) is 25.3 Å². The number of amides is 1. The fourth-order valence-corrected chi connectivity index (χ4v) is 1.48. The molecular formula is C12H12FNO2. The molecule has 0 spiro atoms. The minimum absolute atomic E-state index is 0.185. The van der Waals surface area contributed by atoms with E-state index in [0.717, 1.165) is 18.4 Å². The summed E-state index contributed by atoms with van der Waals surface area (Å²) < 4.78 is 18.0. The number of hydrogen-bond acceptors (Lipinski definition) is 2. The highest BCUT2D eigenvalue weighted by atomic mass is 19.1. The number of carbonyl (C=O) groups is 1. The Morgan fingerprint density at radius 3 is 2.81 bits per heavy atom. The molecule has 1 aromatic rings. The second-order valence-electron chi connectivity index (χ2n) is 3.57. The van der Waals surface area contributed by atoms with Crippen LogP contribution in [-0.2, 0) is 4.79 Å². The third kappa shape index (κ3) is 2.05. The number of benzene rings is 1. The molecule has 84 valence electrons. The van der Waals surface area contributed by atoms with Crippen LogP contribution in [0.4, 0.5) is 10.1 Å². The van der Waals surface area contributed by atoms with Gasteiger partial charge in [-0.15, -0.1) is 0 Å². The molecule has 0 atom stereocenters. The number of allylic oxidation sites excluding steroid dienone is 1. The first kappa shape index (κ1) is 10.7. The predicted molar refractivity (Wildman–Crippen MR) is 58.9 cm³/mol. The predicted octanol–water partition coefficient (Wildman–Crippen LogP) is 2.49. The first-order valence-corrected chi connectivity index (χ1v) is 5.04. The van der Waals surface area contributed by atoms with E-state index < -0.39 is 5.82 Å². The highest BCUT2D eigenvalue weighted by Crippen LogP contribution is 2.27. The molecule has 1 N–H and O–H groups in total. The van der Waals surface area contributed by atoms with Gasteiger partial charge in [0.15, 0.2) is 0 Å². The third-order valence-corrected chi connectivity index (χ3v) is 2.51. The monoisotopic (exact) mass is 221 g/mol. The molecule has 1 aliphatic rings. The Balaban J connectivity index is 2.19. The van der Waals surface area contributed by atoms with E-state index in [0.29, 0.717) is 11.4 Å². The molecule has 0 aromatic heterocycles. The molecule has 1 aromatic carbocycles. The standard InChI is InChI=1S/C12H12FNO2/c1-16-11-6-5-9(13)7-10(11)14-12(15)8-3-2-4-8/h3,5-7H,2,4H2,1H3,(H,14,15). The van der Waals surface area contributed by atoms with Crippen LogP contribution in [0.15, 0.2) is 29.8 Å². The summed E-state index contributed by atoms with van der Waals surface area (Å²) in [7, 11) is 1.48. The zero-order valence-electron chi connectivity index (χ0n) is 8.92. The summed E-state index contributed by atoms with van der Waals surface area (Å²) in [5.74, 6) is -0.136. The molecule has 4 heteroatoms. The molecular weight excluding hydrogens is 209 g/mol. The molecule has 0 bridgehead atoms. The van der Waals surface area contributed by atoms with Crippen LogP contribution in [0, 0.1) is 5.82 Å². The molecule has 0 aliphatic heterocycles. The molecule has 0 radical (unpaired) electrons. The second-order valence-corrected chi connectivity index (χ2v) is 3.57. The SMILES string of the molecule is COc1ccc(F)cc1NC(=O)C1=CCC1. The molecule has 1 amide bonds. The summed E-state index contributed by atoms with van der Waals surface area (Å²) in [5.41, 5.74) is 1.10. The van der Waals surface area contributed by atoms with Crippen molar-refractivity contribution in [1.82, 2.24) is 0 Å². The van der Waals surface area contributed by atoms with Crippen LogP contribution >= 0.6 is 0 Å². The normalized spacial score (nSPS) is 13.8. The Morgan fingerprint density at radius 1 is 1.50 bits per heavy atom. The van der Waals surface area contributed by atoms with Gasteiger partial charge in [0.05, 0.1) is 12.8 Å². The van der Waals surface area contributed by atoms with Crippen molar-refractivity contribution in [3.05, 3.63) is 35.7 Å². The Hall–Kier alpha value is -1.84. The van der Waals surface area contributed by atoms with Crippen molar-refractivity contribution in [2.45, 2.75) is 12.8 Å². The van der Waals surface area contributed by atoms with Crippen molar-refractivity contribution in [3.63, 3.8) is 0 Å². The lowest BCUT2D eigenvalue weighted by Gasteiger charge is -2.15. The highest BCUT2D eigenvalue weighted by molar-refractivity contribution is 6.05. The third-order valence-electron chi connectivity index (χ3n) is 2.51. The minimum atomic E-state index is -0.404. The van der Waals surface area contributed by atoms with Crippen molar-refractivity contribution in [1.29, 1.82) is 0 Å². The molecule has 0 saturated carbocycles. The molecule has 0 saturated heterocycles. The Labute approximate surface area is 92.9 Å². The van der Waals surface area contributed by atoms with E-state index in [4.69, 9.17) is 4.74 Å². The van der Waals surface area contributed by atoms with Gasteiger partial charge in [0.1, 0.15) is 11.6 Å². The van der Waals surface area contributed by atoms with Gasteiger partial charge in [-0.05, 0) is 25.0 Å². The van der Waals surface area contributed by atoms with Gasteiger partial charge in [0.2, 0.25) is 0 Å². The molecule has 0 unspecified atom stereocenters. The van der Waals surface area contributed by atoms with Gasteiger partial charge in [0.25, 0.3) is 5.91 Å².